The Bertz CT molecular complexity index is 632. The van der Waals surface area contributed by atoms with E-state index in [2.05, 4.69) is 16.3 Å². The summed E-state index contributed by atoms with van der Waals surface area (Å²) in [5, 5.41) is 2.05. The minimum atomic E-state index is -0.196. The number of hydrogen-bond acceptors (Lipinski definition) is 4. The number of carbonyl (C=O) groups excluding carboxylic acids is 2. The van der Waals surface area contributed by atoms with Crippen molar-refractivity contribution < 1.29 is 9.59 Å². The van der Waals surface area contributed by atoms with E-state index in [1.54, 1.807) is 11.3 Å². The molecule has 24 heavy (non-hydrogen) atoms. The van der Waals surface area contributed by atoms with Gasteiger partial charge >= 0.3 is 0 Å². The highest BCUT2D eigenvalue weighted by Crippen LogP contribution is 2.43. The van der Waals surface area contributed by atoms with Crippen molar-refractivity contribution >= 4 is 23.2 Å². The Labute approximate surface area is 146 Å². The van der Waals surface area contributed by atoms with Gasteiger partial charge in [-0.3, -0.25) is 14.5 Å². The van der Waals surface area contributed by atoms with Crippen molar-refractivity contribution in [3.8, 4) is 0 Å². The van der Waals surface area contributed by atoms with Gasteiger partial charge in [-0.25, -0.2) is 0 Å². The first-order valence-corrected chi connectivity index (χ1v) is 9.95. The lowest BCUT2D eigenvalue weighted by Crippen LogP contribution is -2.51. The van der Waals surface area contributed by atoms with E-state index in [9.17, 15) is 9.59 Å². The van der Waals surface area contributed by atoms with Crippen molar-refractivity contribution in [3.63, 3.8) is 0 Å². The zero-order valence-corrected chi connectivity index (χ0v) is 14.8. The third-order valence-electron chi connectivity index (χ3n) is 5.75. The van der Waals surface area contributed by atoms with Crippen LogP contribution in [0.25, 0.3) is 0 Å². The molecule has 0 unspecified atom stereocenters. The molecular formula is C18H25N3O2S. The molecule has 5 nitrogen and oxygen atoms in total. The van der Waals surface area contributed by atoms with Gasteiger partial charge in [0, 0.05) is 19.1 Å². The summed E-state index contributed by atoms with van der Waals surface area (Å²) in [7, 11) is 0. The summed E-state index contributed by atoms with van der Waals surface area (Å²) < 4.78 is 0. The standard InChI is InChI=1S/C18H25N3O2S/c19-17(22)15-2-1-8-21(15)13-5-9-20(10-6-13)18(23)16-14(7-11-24-16)12-3-4-12/h7,11-13,15H,1-6,8-10H2,(H2,19,22)/t15-/m0/s1. The molecule has 3 fully saturated rings. The van der Waals surface area contributed by atoms with Crippen LogP contribution in [0, 0.1) is 0 Å². The van der Waals surface area contributed by atoms with E-state index in [0.717, 1.165) is 50.2 Å². The number of amides is 2. The number of likely N-dealkylation sites (tertiary alicyclic amines) is 2. The van der Waals surface area contributed by atoms with Gasteiger partial charge in [0.05, 0.1) is 10.9 Å². The van der Waals surface area contributed by atoms with E-state index in [0.29, 0.717) is 12.0 Å². The second kappa shape index (κ2) is 6.48. The van der Waals surface area contributed by atoms with Crippen LogP contribution in [0.5, 0.6) is 0 Å². The molecule has 4 rings (SSSR count). The smallest absolute Gasteiger partial charge is 0.264 e. The maximum Gasteiger partial charge on any atom is 0.264 e. The topological polar surface area (TPSA) is 66.6 Å². The fourth-order valence-corrected chi connectivity index (χ4v) is 5.24. The third kappa shape index (κ3) is 2.97. The van der Waals surface area contributed by atoms with Gasteiger partial charge in [-0.15, -0.1) is 11.3 Å². The average Bonchev–Trinajstić information content (AvgIpc) is 3.13. The molecule has 2 amide bonds. The average molecular weight is 347 g/mol. The molecule has 2 N–H and O–H groups in total. The summed E-state index contributed by atoms with van der Waals surface area (Å²) in [4.78, 5) is 29.7. The molecule has 3 heterocycles. The van der Waals surface area contributed by atoms with Crippen molar-refractivity contribution in [1.82, 2.24) is 9.80 Å². The molecule has 130 valence electrons. The summed E-state index contributed by atoms with van der Waals surface area (Å²) in [5.74, 6) is 0.630. The Kier molecular flexibility index (Phi) is 4.35. The minimum Gasteiger partial charge on any atom is -0.368 e. The first-order chi connectivity index (χ1) is 11.6. The van der Waals surface area contributed by atoms with E-state index in [1.807, 2.05) is 4.90 Å². The van der Waals surface area contributed by atoms with Gasteiger partial charge < -0.3 is 10.6 Å². The molecular weight excluding hydrogens is 322 g/mol. The molecule has 0 radical (unpaired) electrons. The number of piperidine rings is 1. The third-order valence-corrected chi connectivity index (χ3v) is 6.67. The SMILES string of the molecule is NC(=O)[C@@H]1CCCN1C1CCN(C(=O)c2sccc2C2CC2)CC1. The summed E-state index contributed by atoms with van der Waals surface area (Å²) >= 11 is 1.59. The van der Waals surface area contributed by atoms with Crippen LogP contribution in [0.1, 0.15) is 59.7 Å². The predicted molar refractivity (Wildman–Crippen MR) is 94.1 cm³/mol. The van der Waals surface area contributed by atoms with Crippen molar-refractivity contribution in [2.24, 2.45) is 5.73 Å². The van der Waals surface area contributed by atoms with E-state index >= 15 is 0 Å². The number of rotatable bonds is 4. The van der Waals surface area contributed by atoms with Crippen molar-refractivity contribution in [2.45, 2.75) is 56.5 Å². The summed E-state index contributed by atoms with van der Waals surface area (Å²) in [6.45, 7) is 2.53. The summed E-state index contributed by atoms with van der Waals surface area (Å²) in [5.41, 5.74) is 6.81. The maximum absolute atomic E-state index is 12.9. The van der Waals surface area contributed by atoms with Crippen LogP contribution < -0.4 is 5.73 Å². The van der Waals surface area contributed by atoms with Crippen molar-refractivity contribution in [3.05, 3.63) is 21.9 Å². The zero-order valence-electron chi connectivity index (χ0n) is 13.9. The number of primary amides is 1. The van der Waals surface area contributed by atoms with Crippen LogP contribution in [-0.2, 0) is 4.79 Å². The number of hydrogen-bond donors (Lipinski definition) is 1. The van der Waals surface area contributed by atoms with Gasteiger partial charge in [0.25, 0.3) is 5.91 Å². The lowest BCUT2D eigenvalue weighted by Gasteiger charge is -2.38. The highest BCUT2D eigenvalue weighted by atomic mass is 32.1. The van der Waals surface area contributed by atoms with Crippen LogP contribution in [-0.4, -0.2) is 53.3 Å². The second-order valence-electron chi connectivity index (χ2n) is 7.30. The molecule has 1 atom stereocenters. The van der Waals surface area contributed by atoms with Crippen molar-refractivity contribution in [2.75, 3.05) is 19.6 Å². The molecule has 6 heteroatoms. The zero-order chi connectivity index (χ0) is 16.7. The monoisotopic (exact) mass is 347 g/mol. The van der Waals surface area contributed by atoms with E-state index in [1.165, 1.54) is 18.4 Å². The lowest BCUT2D eigenvalue weighted by molar-refractivity contribution is -0.123. The van der Waals surface area contributed by atoms with Crippen LogP contribution in [0.3, 0.4) is 0 Å². The number of thiophene rings is 1. The summed E-state index contributed by atoms with van der Waals surface area (Å²) in [6, 6.07) is 2.42. The molecule has 3 aliphatic rings. The fourth-order valence-electron chi connectivity index (χ4n) is 4.28. The van der Waals surface area contributed by atoms with Gasteiger partial charge in [-0.05, 0) is 68.0 Å². The lowest BCUT2D eigenvalue weighted by atomic mass is 10.0. The Morgan fingerprint density at radius 1 is 1.08 bits per heavy atom. The van der Waals surface area contributed by atoms with Crippen LogP contribution in [0.15, 0.2) is 11.4 Å². The minimum absolute atomic E-state index is 0.101. The Morgan fingerprint density at radius 2 is 1.83 bits per heavy atom. The first kappa shape index (κ1) is 16.1. The van der Waals surface area contributed by atoms with Gasteiger partial charge in [0.2, 0.25) is 5.91 Å². The fraction of sp³-hybridized carbons (Fsp3) is 0.667. The summed E-state index contributed by atoms with van der Waals surface area (Å²) in [6.07, 6.45) is 6.27. The maximum atomic E-state index is 12.9. The molecule has 0 aromatic carbocycles. The molecule has 0 bridgehead atoms. The number of nitrogens with zero attached hydrogens (tertiary/aromatic N) is 2. The highest BCUT2D eigenvalue weighted by Gasteiger charge is 2.37. The first-order valence-electron chi connectivity index (χ1n) is 9.07. The van der Waals surface area contributed by atoms with E-state index in [4.69, 9.17) is 5.73 Å². The largest absolute Gasteiger partial charge is 0.368 e. The van der Waals surface area contributed by atoms with Crippen LogP contribution >= 0.6 is 11.3 Å². The Balaban J connectivity index is 1.38. The normalized spacial score (nSPS) is 26.0. The molecule has 1 saturated carbocycles. The second-order valence-corrected chi connectivity index (χ2v) is 8.22. The number of carbonyl (C=O) groups is 2. The molecule has 1 aromatic rings. The van der Waals surface area contributed by atoms with Gasteiger partial charge in [0.15, 0.2) is 0 Å². The molecule has 0 spiro atoms. The van der Waals surface area contributed by atoms with Gasteiger partial charge in [0.1, 0.15) is 0 Å². The van der Waals surface area contributed by atoms with Crippen LogP contribution in [0.2, 0.25) is 0 Å². The Morgan fingerprint density at radius 3 is 2.50 bits per heavy atom. The molecule has 2 saturated heterocycles. The van der Waals surface area contributed by atoms with Gasteiger partial charge in [-0.1, -0.05) is 0 Å². The van der Waals surface area contributed by atoms with E-state index in [-0.39, 0.29) is 17.9 Å². The number of nitrogens with two attached hydrogens (primary N) is 1. The van der Waals surface area contributed by atoms with Crippen LogP contribution in [0.4, 0.5) is 0 Å². The predicted octanol–water partition coefficient (Wildman–Crippen LogP) is 2.18. The quantitative estimate of drug-likeness (QED) is 0.908. The molecule has 1 aromatic heterocycles. The highest BCUT2D eigenvalue weighted by molar-refractivity contribution is 7.12. The Hall–Kier alpha value is -1.40. The van der Waals surface area contributed by atoms with Crippen molar-refractivity contribution in [1.29, 1.82) is 0 Å². The van der Waals surface area contributed by atoms with Gasteiger partial charge in [-0.2, -0.15) is 0 Å². The van der Waals surface area contributed by atoms with E-state index < -0.39 is 0 Å². The molecule has 1 aliphatic carbocycles. The molecule has 2 aliphatic heterocycles.